The standard InChI is InChI=1S/C17H20N2O2/c1-3-16(4-2)19-8-15(9-20)17(18-19)12-5-6-13-10-21-11-14(13)7-12/h5-9,16H,3-4,10-11H2,1-2H3. The number of nitrogens with zero attached hydrogens (tertiary/aromatic N) is 2. The Balaban J connectivity index is 2.03. The van der Waals surface area contributed by atoms with E-state index in [1.807, 2.05) is 16.9 Å². The molecule has 0 fully saturated rings. The van der Waals surface area contributed by atoms with E-state index in [9.17, 15) is 4.79 Å². The molecule has 1 aromatic heterocycles. The normalized spacial score (nSPS) is 13.7. The van der Waals surface area contributed by atoms with Crippen LogP contribution in [-0.2, 0) is 18.0 Å². The van der Waals surface area contributed by atoms with Crippen LogP contribution in [0.5, 0.6) is 0 Å². The van der Waals surface area contributed by atoms with Gasteiger partial charge in [-0.3, -0.25) is 9.48 Å². The minimum Gasteiger partial charge on any atom is -0.372 e. The van der Waals surface area contributed by atoms with Crippen LogP contribution in [0.25, 0.3) is 11.3 Å². The number of carbonyl (C=O) groups excluding carboxylic acids is 1. The molecule has 0 radical (unpaired) electrons. The predicted molar refractivity (Wildman–Crippen MR) is 81.2 cm³/mol. The van der Waals surface area contributed by atoms with Crippen molar-refractivity contribution in [2.75, 3.05) is 0 Å². The molecule has 0 saturated heterocycles. The second kappa shape index (κ2) is 5.82. The lowest BCUT2D eigenvalue weighted by atomic mass is 10.0. The first-order valence-electron chi connectivity index (χ1n) is 7.51. The molecule has 110 valence electrons. The summed E-state index contributed by atoms with van der Waals surface area (Å²) in [6.45, 7) is 5.61. The molecule has 1 aromatic carbocycles. The van der Waals surface area contributed by atoms with Crippen LogP contribution < -0.4 is 0 Å². The molecule has 0 saturated carbocycles. The minimum atomic E-state index is 0.343. The number of fused-ring (bicyclic) bond motifs is 1. The Morgan fingerprint density at radius 3 is 2.76 bits per heavy atom. The number of aldehydes is 1. The second-order valence-electron chi connectivity index (χ2n) is 5.48. The Bertz CT molecular complexity index is 657. The summed E-state index contributed by atoms with van der Waals surface area (Å²) in [4.78, 5) is 11.4. The van der Waals surface area contributed by atoms with E-state index >= 15 is 0 Å². The molecule has 21 heavy (non-hydrogen) atoms. The second-order valence-corrected chi connectivity index (χ2v) is 5.48. The predicted octanol–water partition coefficient (Wildman–Crippen LogP) is 3.75. The van der Waals surface area contributed by atoms with Crippen molar-refractivity contribution >= 4 is 6.29 Å². The van der Waals surface area contributed by atoms with Crippen LogP contribution in [0.2, 0.25) is 0 Å². The molecule has 0 atom stereocenters. The van der Waals surface area contributed by atoms with Crippen LogP contribution in [0.4, 0.5) is 0 Å². The Hall–Kier alpha value is -1.94. The van der Waals surface area contributed by atoms with Gasteiger partial charge >= 0.3 is 0 Å². The van der Waals surface area contributed by atoms with Crippen LogP contribution in [0.1, 0.15) is 54.2 Å². The molecule has 2 aromatic rings. The van der Waals surface area contributed by atoms with Crippen LogP contribution in [0.3, 0.4) is 0 Å². The molecule has 2 heterocycles. The summed E-state index contributed by atoms with van der Waals surface area (Å²) in [6.07, 6.45) is 4.77. The van der Waals surface area contributed by atoms with Crippen molar-refractivity contribution in [1.29, 1.82) is 0 Å². The summed E-state index contributed by atoms with van der Waals surface area (Å²) in [5.41, 5.74) is 4.84. The lowest BCUT2D eigenvalue weighted by Crippen LogP contribution is -2.07. The minimum absolute atomic E-state index is 0.343. The first-order valence-corrected chi connectivity index (χ1v) is 7.51. The molecular formula is C17H20N2O2. The zero-order valence-electron chi connectivity index (χ0n) is 12.5. The van der Waals surface area contributed by atoms with Crippen LogP contribution in [0, 0.1) is 0 Å². The van der Waals surface area contributed by atoms with Gasteiger partial charge in [0.2, 0.25) is 0 Å². The average Bonchev–Trinajstić information content (AvgIpc) is 3.14. The summed E-state index contributed by atoms with van der Waals surface area (Å²) in [7, 11) is 0. The summed E-state index contributed by atoms with van der Waals surface area (Å²) in [5.74, 6) is 0. The fourth-order valence-electron chi connectivity index (χ4n) is 2.89. The molecule has 0 spiro atoms. The highest BCUT2D eigenvalue weighted by Gasteiger charge is 2.17. The SMILES string of the molecule is CCC(CC)n1cc(C=O)c(-c2ccc3c(c2)COC3)n1. The number of carbonyl (C=O) groups is 1. The Kier molecular flexibility index (Phi) is 3.88. The van der Waals surface area contributed by atoms with Crippen molar-refractivity contribution in [3.8, 4) is 11.3 Å². The van der Waals surface area contributed by atoms with Gasteiger partial charge in [0.15, 0.2) is 6.29 Å². The van der Waals surface area contributed by atoms with E-state index in [1.165, 1.54) is 11.1 Å². The number of benzene rings is 1. The summed E-state index contributed by atoms with van der Waals surface area (Å²) >= 11 is 0. The third kappa shape index (κ3) is 2.51. The number of hydrogen-bond acceptors (Lipinski definition) is 3. The molecule has 4 nitrogen and oxygen atoms in total. The molecule has 1 aliphatic heterocycles. The van der Waals surface area contributed by atoms with E-state index in [4.69, 9.17) is 4.74 Å². The van der Waals surface area contributed by atoms with Gasteiger partial charge in [0, 0.05) is 11.8 Å². The third-order valence-electron chi connectivity index (χ3n) is 4.20. The highest BCUT2D eigenvalue weighted by molar-refractivity contribution is 5.85. The zero-order chi connectivity index (χ0) is 14.8. The van der Waals surface area contributed by atoms with Crippen molar-refractivity contribution in [2.24, 2.45) is 0 Å². The van der Waals surface area contributed by atoms with Gasteiger partial charge in [-0.25, -0.2) is 0 Å². The molecule has 0 N–H and O–H groups in total. The van der Waals surface area contributed by atoms with Crippen molar-refractivity contribution in [3.63, 3.8) is 0 Å². The maximum atomic E-state index is 11.4. The van der Waals surface area contributed by atoms with Crippen molar-refractivity contribution in [3.05, 3.63) is 41.1 Å². The topological polar surface area (TPSA) is 44.1 Å². The molecule has 3 rings (SSSR count). The monoisotopic (exact) mass is 284 g/mol. The van der Waals surface area contributed by atoms with Crippen LogP contribution in [0.15, 0.2) is 24.4 Å². The van der Waals surface area contributed by atoms with E-state index in [0.717, 1.165) is 30.4 Å². The summed E-state index contributed by atoms with van der Waals surface area (Å²) < 4.78 is 7.38. The van der Waals surface area contributed by atoms with Gasteiger partial charge in [-0.2, -0.15) is 5.10 Å². The lowest BCUT2D eigenvalue weighted by Gasteiger charge is -2.12. The van der Waals surface area contributed by atoms with Crippen LogP contribution in [-0.4, -0.2) is 16.1 Å². The quantitative estimate of drug-likeness (QED) is 0.785. The van der Waals surface area contributed by atoms with Gasteiger partial charge in [0.1, 0.15) is 5.69 Å². The zero-order valence-corrected chi connectivity index (χ0v) is 12.5. The number of rotatable bonds is 5. The van der Waals surface area contributed by atoms with E-state index in [1.54, 1.807) is 0 Å². The van der Waals surface area contributed by atoms with Gasteiger partial charge in [0.25, 0.3) is 0 Å². The largest absolute Gasteiger partial charge is 0.372 e. The van der Waals surface area contributed by atoms with Crippen LogP contribution >= 0.6 is 0 Å². The Labute approximate surface area is 124 Å². The van der Waals surface area contributed by atoms with E-state index in [2.05, 4.69) is 31.1 Å². The first kappa shape index (κ1) is 14.0. The maximum Gasteiger partial charge on any atom is 0.153 e. The van der Waals surface area contributed by atoms with E-state index < -0.39 is 0 Å². The highest BCUT2D eigenvalue weighted by atomic mass is 16.5. The Morgan fingerprint density at radius 1 is 1.29 bits per heavy atom. The summed E-state index contributed by atoms with van der Waals surface area (Å²) in [5, 5.41) is 4.66. The lowest BCUT2D eigenvalue weighted by molar-refractivity contribution is 0.112. The van der Waals surface area contributed by atoms with Crippen molar-refractivity contribution < 1.29 is 9.53 Å². The Morgan fingerprint density at radius 2 is 2.05 bits per heavy atom. The fourth-order valence-corrected chi connectivity index (χ4v) is 2.89. The number of ether oxygens (including phenoxy) is 1. The number of aromatic nitrogens is 2. The number of hydrogen-bond donors (Lipinski definition) is 0. The smallest absolute Gasteiger partial charge is 0.153 e. The first-order chi connectivity index (χ1) is 10.3. The van der Waals surface area contributed by atoms with Crippen molar-refractivity contribution in [1.82, 2.24) is 9.78 Å². The molecule has 0 bridgehead atoms. The molecule has 0 unspecified atom stereocenters. The molecule has 4 heteroatoms. The molecule has 1 aliphatic rings. The fraction of sp³-hybridized carbons (Fsp3) is 0.412. The average molecular weight is 284 g/mol. The van der Waals surface area contributed by atoms with E-state index in [0.29, 0.717) is 24.8 Å². The highest BCUT2D eigenvalue weighted by Crippen LogP contribution is 2.29. The molecular weight excluding hydrogens is 264 g/mol. The van der Waals surface area contributed by atoms with Gasteiger partial charge in [-0.1, -0.05) is 26.0 Å². The summed E-state index contributed by atoms with van der Waals surface area (Å²) in [6, 6.07) is 6.53. The van der Waals surface area contributed by atoms with Gasteiger partial charge in [-0.15, -0.1) is 0 Å². The van der Waals surface area contributed by atoms with Crippen molar-refractivity contribution in [2.45, 2.75) is 45.9 Å². The van der Waals surface area contributed by atoms with E-state index in [-0.39, 0.29) is 0 Å². The molecule has 0 aliphatic carbocycles. The third-order valence-corrected chi connectivity index (χ3v) is 4.20. The van der Waals surface area contributed by atoms with Gasteiger partial charge in [-0.05, 0) is 30.0 Å². The van der Waals surface area contributed by atoms with Gasteiger partial charge < -0.3 is 4.74 Å². The maximum absolute atomic E-state index is 11.4. The van der Waals surface area contributed by atoms with Gasteiger partial charge in [0.05, 0.1) is 24.8 Å². The molecule has 0 amide bonds.